The molecule has 4 atom stereocenters. The highest BCUT2D eigenvalue weighted by Crippen LogP contribution is 2.43. The van der Waals surface area contributed by atoms with E-state index in [9.17, 15) is 0 Å². The molecule has 1 aliphatic carbocycles. The van der Waals surface area contributed by atoms with Crippen molar-refractivity contribution < 1.29 is 4.74 Å². The first kappa shape index (κ1) is 10.4. The zero-order chi connectivity index (χ0) is 10.2. The zero-order valence-electron chi connectivity index (χ0n) is 9.46. The van der Waals surface area contributed by atoms with Gasteiger partial charge in [-0.25, -0.2) is 0 Å². The normalized spacial score (nSPS) is 49.5. The Morgan fingerprint density at radius 1 is 1.21 bits per heavy atom. The van der Waals surface area contributed by atoms with Gasteiger partial charge in [0.25, 0.3) is 0 Å². The molecule has 0 aromatic heterocycles. The minimum absolute atomic E-state index is 0.0325. The van der Waals surface area contributed by atoms with E-state index in [1.807, 2.05) is 0 Å². The molecule has 1 saturated heterocycles. The Morgan fingerprint density at radius 2 is 2.00 bits per heavy atom. The lowest BCUT2D eigenvalue weighted by atomic mass is 9.66. The Balaban J connectivity index is 2.14. The first-order chi connectivity index (χ1) is 6.65. The average molecular weight is 197 g/mol. The zero-order valence-corrected chi connectivity index (χ0v) is 9.46. The van der Waals surface area contributed by atoms with Crippen molar-refractivity contribution in [2.45, 2.75) is 57.6 Å². The summed E-state index contributed by atoms with van der Waals surface area (Å²) in [6, 6.07) is 0.265. The molecule has 1 spiro atoms. The van der Waals surface area contributed by atoms with Gasteiger partial charge in [-0.15, -0.1) is 0 Å². The second kappa shape index (κ2) is 3.82. The highest BCUT2D eigenvalue weighted by molar-refractivity contribution is 5.01. The molecule has 0 aromatic carbocycles. The standard InChI is InChI=1S/C12H23NO/c1-9-7-10(2)12(11(13)8-9)5-3-4-6-14-12/h9-11H,3-8,13H2,1-2H3/t9-,10+,11+,12-/m1/s1. The molecule has 14 heavy (non-hydrogen) atoms. The van der Waals surface area contributed by atoms with E-state index >= 15 is 0 Å². The van der Waals surface area contributed by atoms with Crippen LogP contribution in [0.4, 0.5) is 0 Å². The van der Waals surface area contributed by atoms with Crippen LogP contribution in [0.2, 0.25) is 0 Å². The molecular formula is C12H23NO. The summed E-state index contributed by atoms with van der Waals surface area (Å²) in [5.41, 5.74) is 6.33. The minimum atomic E-state index is 0.0325. The van der Waals surface area contributed by atoms with E-state index in [4.69, 9.17) is 10.5 Å². The van der Waals surface area contributed by atoms with Crippen LogP contribution in [0.15, 0.2) is 0 Å². The van der Waals surface area contributed by atoms with Gasteiger partial charge in [0.2, 0.25) is 0 Å². The predicted octanol–water partition coefficient (Wildman–Crippen LogP) is 2.32. The predicted molar refractivity (Wildman–Crippen MR) is 58.1 cm³/mol. The lowest BCUT2D eigenvalue weighted by Crippen LogP contribution is -2.59. The maximum atomic E-state index is 6.30. The summed E-state index contributed by atoms with van der Waals surface area (Å²) in [5.74, 6) is 1.41. The van der Waals surface area contributed by atoms with Crippen LogP contribution in [0.1, 0.15) is 46.0 Å². The van der Waals surface area contributed by atoms with Crippen LogP contribution in [0.5, 0.6) is 0 Å². The number of hydrogen-bond donors (Lipinski definition) is 1. The summed E-state index contributed by atoms with van der Waals surface area (Å²) < 4.78 is 6.05. The van der Waals surface area contributed by atoms with Crippen molar-refractivity contribution in [3.8, 4) is 0 Å². The average Bonchev–Trinajstić information content (AvgIpc) is 2.16. The van der Waals surface area contributed by atoms with Crippen molar-refractivity contribution in [1.29, 1.82) is 0 Å². The quantitative estimate of drug-likeness (QED) is 0.647. The van der Waals surface area contributed by atoms with E-state index in [0.29, 0.717) is 5.92 Å². The van der Waals surface area contributed by atoms with Crippen LogP contribution >= 0.6 is 0 Å². The van der Waals surface area contributed by atoms with E-state index in [1.165, 1.54) is 25.7 Å². The van der Waals surface area contributed by atoms with Crippen molar-refractivity contribution >= 4 is 0 Å². The van der Waals surface area contributed by atoms with E-state index in [1.54, 1.807) is 0 Å². The van der Waals surface area contributed by atoms with E-state index in [2.05, 4.69) is 13.8 Å². The summed E-state index contributed by atoms with van der Waals surface area (Å²) >= 11 is 0. The summed E-state index contributed by atoms with van der Waals surface area (Å²) in [7, 11) is 0. The largest absolute Gasteiger partial charge is 0.373 e. The monoisotopic (exact) mass is 197 g/mol. The molecule has 2 fully saturated rings. The van der Waals surface area contributed by atoms with Crippen molar-refractivity contribution in [2.75, 3.05) is 6.61 Å². The third-order valence-corrected chi connectivity index (χ3v) is 4.21. The molecule has 0 radical (unpaired) electrons. The van der Waals surface area contributed by atoms with Gasteiger partial charge in [0, 0.05) is 12.6 Å². The molecule has 2 aliphatic rings. The smallest absolute Gasteiger partial charge is 0.0858 e. The van der Waals surface area contributed by atoms with Crippen LogP contribution in [0.25, 0.3) is 0 Å². The minimum Gasteiger partial charge on any atom is -0.373 e. The summed E-state index contributed by atoms with van der Waals surface area (Å²) in [6.07, 6.45) is 6.13. The SMILES string of the molecule is C[C@@H]1C[C@H](C)[C@]2(CCCCO2)[C@@H](N)C1. The first-order valence-electron chi connectivity index (χ1n) is 6.04. The molecule has 1 saturated carbocycles. The Labute approximate surface area is 87.2 Å². The number of ether oxygens (including phenoxy) is 1. The molecule has 0 amide bonds. The fourth-order valence-corrected chi connectivity index (χ4v) is 3.42. The lowest BCUT2D eigenvalue weighted by molar-refractivity contribution is -0.148. The molecule has 0 aromatic rings. The maximum Gasteiger partial charge on any atom is 0.0858 e. The van der Waals surface area contributed by atoms with Crippen LogP contribution < -0.4 is 5.73 Å². The third kappa shape index (κ3) is 1.59. The van der Waals surface area contributed by atoms with Gasteiger partial charge >= 0.3 is 0 Å². The second-order valence-electron chi connectivity index (χ2n) is 5.34. The van der Waals surface area contributed by atoms with Gasteiger partial charge in [-0.2, -0.15) is 0 Å². The van der Waals surface area contributed by atoms with Crippen LogP contribution in [-0.4, -0.2) is 18.2 Å². The second-order valence-corrected chi connectivity index (χ2v) is 5.34. The van der Waals surface area contributed by atoms with Crippen LogP contribution in [-0.2, 0) is 4.74 Å². The van der Waals surface area contributed by atoms with Gasteiger partial charge in [-0.05, 0) is 43.9 Å². The van der Waals surface area contributed by atoms with Gasteiger partial charge in [-0.3, -0.25) is 0 Å². The molecule has 2 N–H and O–H groups in total. The summed E-state index contributed by atoms with van der Waals surface area (Å²) in [5, 5.41) is 0. The highest BCUT2D eigenvalue weighted by atomic mass is 16.5. The van der Waals surface area contributed by atoms with Gasteiger partial charge in [0.05, 0.1) is 5.60 Å². The van der Waals surface area contributed by atoms with Crippen molar-refractivity contribution in [2.24, 2.45) is 17.6 Å². The maximum absolute atomic E-state index is 6.30. The molecule has 2 rings (SSSR count). The molecule has 2 heteroatoms. The molecule has 2 nitrogen and oxygen atoms in total. The summed E-state index contributed by atoms with van der Waals surface area (Å²) in [4.78, 5) is 0. The first-order valence-corrected chi connectivity index (χ1v) is 6.04. The highest BCUT2D eigenvalue weighted by Gasteiger charge is 2.47. The number of hydrogen-bond acceptors (Lipinski definition) is 2. The van der Waals surface area contributed by atoms with E-state index in [-0.39, 0.29) is 11.6 Å². The Bertz CT molecular complexity index is 184. The van der Waals surface area contributed by atoms with Gasteiger partial charge in [0.15, 0.2) is 0 Å². The fourth-order valence-electron chi connectivity index (χ4n) is 3.42. The fraction of sp³-hybridized carbons (Fsp3) is 1.00. The number of nitrogens with two attached hydrogens (primary N) is 1. The van der Waals surface area contributed by atoms with E-state index < -0.39 is 0 Å². The lowest BCUT2D eigenvalue weighted by Gasteiger charge is -2.50. The molecule has 1 aliphatic heterocycles. The third-order valence-electron chi connectivity index (χ3n) is 4.21. The van der Waals surface area contributed by atoms with Gasteiger partial charge in [-0.1, -0.05) is 13.8 Å². The van der Waals surface area contributed by atoms with Crippen molar-refractivity contribution in [3.05, 3.63) is 0 Å². The Hall–Kier alpha value is -0.0800. The van der Waals surface area contributed by atoms with Crippen molar-refractivity contribution in [1.82, 2.24) is 0 Å². The molecule has 82 valence electrons. The Morgan fingerprint density at radius 3 is 2.57 bits per heavy atom. The molecule has 1 heterocycles. The van der Waals surface area contributed by atoms with Crippen LogP contribution in [0, 0.1) is 11.8 Å². The van der Waals surface area contributed by atoms with Gasteiger partial charge in [0.1, 0.15) is 0 Å². The molecular weight excluding hydrogens is 174 g/mol. The van der Waals surface area contributed by atoms with E-state index in [0.717, 1.165) is 18.9 Å². The molecule has 0 unspecified atom stereocenters. The molecule has 0 bridgehead atoms. The topological polar surface area (TPSA) is 35.2 Å². The number of rotatable bonds is 0. The Kier molecular flexibility index (Phi) is 2.85. The van der Waals surface area contributed by atoms with Crippen molar-refractivity contribution in [3.63, 3.8) is 0 Å². The summed E-state index contributed by atoms with van der Waals surface area (Å²) in [6.45, 7) is 5.55. The van der Waals surface area contributed by atoms with Gasteiger partial charge < -0.3 is 10.5 Å². The van der Waals surface area contributed by atoms with Crippen LogP contribution in [0.3, 0.4) is 0 Å².